The van der Waals surface area contributed by atoms with Crippen LogP contribution >= 0.6 is 0 Å². The Balaban J connectivity index is 1.74. The van der Waals surface area contributed by atoms with Crippen molar-refractivity contribution in [1.82, 2.24) is 0 Å². The van der Waals surface area contributed by atoms with E-state index in [-0.39, 0.29) is 29.7 Å². The third-order valence-electron chi connectivity index (χ3n) is 8.83. The van der Waals surface area contributed by atoms with Gasteiger partial charge in [-0.15, -0.1) is 0 Å². The van der Waals surface area contributed by atoms with Crippen LogP contribution < -0.4 is 0 Å². The van der Waals surface area contributed by atoms with Crippen molar-refractivity contribution in [3.8, 4) is 6.07 Å². The van der Waals surface area contributed by atoms with Crippen LogP contribution in [0.3, 0.4) is 0 Å². The second-order valence-corrected chi connectivity index (χ2v) is 10.8. The summed E-state index contributed by atoms with van der Waals surface area (Å²) in [5.41, 5.74) is 1.14. The molecule has 3 aliphatic carbocycles. The number of nitriles is 1. The summed E-state index contributed by atoms with van der Waals surface area (Å²) in [6.45, 7) is 14.4. The summed E-state index contributed by atoms with van der Waals surface area (Å²) < 4.78 is 18.8. The summed E-state index contributed by atoms with van der Waals surface area (Å²) in [7, 11) is 0. The molecule has 0 spiro atoms. The van der Waals surface area contributed by atoms with Gasteiger partial charge in [0, 0.05) is 18.8 Å². The van der Waals surface area contributed by atoms with E-state index in [0.29, 0.717) is 36.0 Å². The van der Waals surface area contributed by atoms with E-state index in [0.717, 1.165) is 32.1 Å². The first-order valence-corrected chi connectivity index (χ1v) is 11.7. The molecule has 5 heteroatoms. The Labute approximate surface area is 181 Å². The van der Waals surface area contributed by atoms with Gasteiger partial charge in [-0.3, -0.25) is 4.79 Å². The lowest BCUT2D eigenvalue weighted by molar-refractivity contribution is -0.224. The molecule has 0 amide bonds. The van der Waals surface area contributed by atoms with Gasteiger partial charge in [-0.25, -0.2) is 0 Å². The quantitative estimate of drug-likeness (QED) is 0.479. The van der Waals surface area contributed by atoms with Crippen molar-refractivity contribution in [3.63, 3.8) is 0 Å². The Morgan fingerprint density at radius 2 is 1.90 bits per heavy atom. The van der Waals surface area contributed by atoms with E-state index in [2.05, 4.69) is 26.5 Å². The Morgan fingerprint density at radius 1 is 1.20 bits per heavy atom. The molecule has 9 unspecified atom stereocenters. The molecule has 0 aromatic rings. The molecular weight excluding hydrogens is 378 g/mol. The molecule has 1 aliphatic heterocycles. The molecule has 4 rings (SSSR count). The van der Waals surface area contributed by atoms with E-state index in [4.69, 9.17) is 14.2 Å². The number of esters is 1. The van der Waals surface area contributed by atoms with Gasteiger partial charge >= 0.3 is 5.97 Å². The Kier molecular flexibility index (Phi) is 5.56. The molecule has 3 saturated carbocycles. The first-order valence-electron chi connectivity index (χ1n) is 11.7. The minimum absolute atomic E-state index is 0.0492. The summed E-state index contributed by atoms with van der Waals surface area (Å²) in [6.07, 6.45) is 5.20. The lowest BCUT2D eigenvalue weighted by Gasteiger charge is -2.63. The molecule has 0 bridgehead atoms. The Bertz CT molecular complexity index is 755. The van der Waals surface area contributed by atoms with Gasteiger partial charge in [0.25, 0.3) is 0 Å². The van der Waals surface area contributed by atoms with Crippen molar-refractivity contribution in [2.45, 2.75) is 97.2 Å². The number of allylic oxidation sites excluding steroid dienone is 1. The topological polar surface area (TPSA) is 68.6 Å². The third-order valence-corrected chi connectivity index (χ3v) is 8.83. The number of hydrogen-bond donors (Lipinski definition) is 0. The van der Waals surface area contributed by atoms with Crippen LogP contribution in [0.15, 0.2) is 12.2 Å². The van der Waals surface area contributed by atoms with Gasteiger partial charge in [-0.05, 0) is 75.5 Å². The molecule has 4 aliphatic rings. The highest BCUT2D eigenvalue weighted by Gasteiger charge is 2.67. The summed E-state index contributed by atoms with van der Waals surface area (Å²) >= 11 is 0. The van der Waals surface area contributed by atoms with Gasteiger partial charge in [-0.2, -0.15) is 5.26 Å². The predicted octanol–water partition coefficient (Wildman–Crippen LogP) is 5.01. The molecule has 30 heavy (non-hydrogen) atoms. The number of hydrogen-bond acceptors (Lipinski definition) is 5. The van der Waals surface area contributed by atoms with Gasteiger partial charge in [-0.1, -0.05) is 26.0 Å². The largest absolute Gasteiger partial charge is 0.459 e. The van der Waals surface area contributed by atoms with E-state index in [9.17, 15) is 10.1 Å². The number of ether oxygens (including phenoxy) is 3. The Hall–Kier alpha value is -1.38. The SMILES string of the molecule is C=C1CCC2C(CCC3C(C)C4OC(C)(C)OC4C(OC(C)=O)C32C)C1CCC#N. The lowest BCUT2D eigenvalue weighted by atomic mass is 9.44. The van der Waals surface area contributed by atoms with E-state index < -0.39 is 5.79 Å². The summed E-state index contributed by atoms with van der Waals surface area (Å²) in [6, 6.07) is 2.33. The van der Waals surface area contributed by atoms with E-state index >= 15 is 0 Å². The number of fused-ring (bicyclic) bond motifs is 4. The Morgan fingerprint density at radius 3 is 2.57 bits per heavy atom. The standard InChI is InChI=1S/C25H37NO4/c1-14-9-11-20-18(17(14)8-7-13-26)10-12-19-15(2)21-22(30-24(4,5)29-21)23(25(19,20)6)28-16(3)27/h15,17-23H,1,7-12H2,2-6H3. The smallest absolute Gasteiger partial charge is 0.303 e. The predicted molar refractivity (Wildman–Crippen MR) is 113 cm³/mol. The molecule has 1 saturated heterocycles. The zero-order valence-electron chi connectivity index (χ0n) is 19.1. The third kappa shape index (κ3) is 3.31. The molecule has 0 radical (unpaired) electrons. The molecule has 0 aromatic carbocycles. The van der Waals surface area contributed by atoms with Crippen LogP contribution in [0.2, 0.25) is 0 Å². The maximum atomic E-state index is 12.2. The van der Waals surface area contributed by atoms with Crippen LogP contribution in [0.25, 0.3) is 0 Å². The fourth-order valence-electron chi connectivity index (χ4n) is 7.76. The highest BCUT2D eigenvalue weighted by atomic mass is 16.8. The molecule has 166 valence electrons. The molecule has 4 fully saturated rings. The molecule has 5 nitrogen and oxygen atoms in total. The minimum Gasteiger partial charge on any atom is -0.459 e. The number of carbonyl (C=O) groups is 1. The van der Waals surface area contributed by atoms with Crippen LogP contribution in [0.1, 0.15) is 73.1 Å². The average molecular weight is 416 g/mol. The van der Waals surface area contributed by atoms with Gasteiger partial charge in [0.2, 0.25) is 0 Å². The van der Waals surface area contributed by atoms with Crippen LogP contribution in [0.5, 0.6) is 0 Å². The average Bonchev–Trinajstić information content (AvgIpc) is 2.99. The fraction of sp³-hybridized carbons (Fsp3) is 0.840. The monoisotopic (exact) mass is 415 g/mol. The van der Waals surface area contributed by atoms with Gasteiger partial charge in [0.05, 0.1) is 12.2 Å². The van der Waals surface area contributed by atoms with Crippen molar-refractivity contribution in [1.29, 1.82) is 5.26 Å². The van der Waals surface area contributed by atoms with Crippen molar-refractivity contribution in [2.75, 3.05) is 0 Å². The number of nitrogens with zero attached hydrogens (tertiary/aromatic N) is 1. The number of rotatable bonds is 3. The van der Waals surface area contributed by atoms with Crippen molar-refractivity contribution >= 4 is 5.97 Å². The summed E-state index contributed by atoms with van der Waals surface area (Å²) in [5, 5.41) is 9.18. The van der Waals surface area contributed by atoms with E-state index in [1.54, 1.807) is 0 Å². The summed E-state index contributed by atoms with van der Waals surface area (Å²) in [5.74, 6) is 1.18. The highest BCUT2D eigenvalue weighted by Crippen LogP contribution is 2.64. The van der Waals surface area contributed by atoms with Crippen molar-refractivity contribution < 1.29 is 19.0 Å². The normalized spacial score (nSPS) is 46.9. The number of carbonyl (C=O) groups excluding carboxylic acids is 1. The zero-order valence-corrected chi connectivity index (χ0v) is 19.1. The maximum Gasteiger partial charge on any atom is 0.303 e. The second kappa shape index (κ2) is 7.64. The van der Waals surface area contributed by atoms with E-state index in [1.165, 1.54) is 12.5 Å². The van der Waals surface area contributed by atoms with Crippen LogP contribution in [0, 0.1) is 46.3 Å². The fourth-order valence-corrected chi connectivity index (χ4v) is 7.76. The first kappa shape index (κ1) is 21.8. The van der Waals surface area contributed by atoms with Crippen LogP contribution in [0.4, 0.5) is 0 Å². The maximum absolute atomic E-state index is 12.2. The van der Waals surface area contributed by atoms with Gasteiger partial charge in [0.15, 0.2) is 5.79 Å². The highest BCUT2D eigenvalue weighted by molar-refractivity contribution is 5.66. The van der Waals surface area contributed by atoms with Crippen LogP contribution in [-0.2, 0) is 19.0 Å². The lowest BCUT2D eigenvalue weighted by Crippen LogP contribution is -2.66. The molecule has 0 N–H and O–H groups in total. The van der Waals surface area contributed by atoms with E-state index in [1.807, 2.05) is 13.8 Å². The zero-order chi connectivity index (χ0) is 21.8. The van der Waals surface area contributed by atoms with Crippen molar-refractivity contribution in [3.05, 3.63) is 12.2 Å². The molecule has 1 heterocycles. The molecular formula is C25H37NO4. The van der Waals surface area contributed by atoms with Gasteiger partial charge < -0.3 is 14.2 Å². The minimum atomic E-state index is -0.665. The summed E-state index contributed by atoms with van der Waals surface area (Å²) in [4.78, 5) is 12.2. The van der Waals surface area contributed by atoms with Gasteiger partial charge in [0.1, 0.15) is 12.2 Å². The first-order chi connectivity index (χ1) is 14.1. The van der Waals surface area contributed by atoms with Crippen LogP contribution in [-0.4, -0.2) is 30.1 Å². The van der Waals surface area contributed by atoms with Crippen molar-refractivity contribution in [2.24, 2.45) is 35.0 Å². The molecule has 9 atom stereocenters. The molecule has 0 aromatic heterocycles. The second-order valence-electron chi connectivity index (χ2n) is 10.8.